The Kier molecular flexibility index (Phi) is 6.09. The van der Waals surface area contributed by atoms with Gasteiger partial charge in [-0.3, -0.25) is 0 Å². The van der Waals surface area contributed by atoms with Crippen molar-refractivity contribution in [2.24, 2.45) is 0 Å². The summed E-state index contributed by atoms with van der Waals surface area (Å²) in [5.74, 6) is 0.319. The van der Waals surface area contributed by atoms with Crippen LogP contribution in [0.2, 0.25) is 0 Å². The van der Waals surface area contributed by atoms with E-state index in [1.165, 1.54) is 12.1 Å². The molecule has 0 amide bonds. The van der Waals surface area contributed by atoms with E-state index in [1.54, 1.807) is 0 Å². The van der Waals surface area contributed by atoms with E-state index < -0.39 is 25.1 Å². The van der Waals surface area contributed by atoms with Crippen LogP contribution in [-0.4, -0.2) is 25.0 Å². The number of rotatable bonds is 7. The van der Waals surface area contributed by atoms with Gasteiger partial charge in [0.05, 0.1) is 6.54 Å². The quantitative estimate of drug-likeness (QED) is 0.613. The summed E-state index contributed by atoms with van der Waals surface area (Å²) in [5.41, 5.74) is 0. The van der Waals surface area contributed by atoms with Crippen LogP contribution >= 0.6 is 0 Å². The van der Waals surface area contributed by atoms with Gasteiger partial charge in [0.1, 0.15) is 18.1 Å². The topological polar surface area (TPSA) is 34.4 Å². The van der Waals surface area contributed by atoms with Crippen LogP contribution in [0.3, 0.4) is 0 Å². The lowest BCUT2D eigenvalue weighted by Crippen LogP contribution is -2.44. The molecular weight excluding hydrogens is 304 g/mol. The molecule has 122 valence electrons. The molecule has 3 nitrogen and oxygen atoms in total. The average molecular weight is 319 g/mol. The van der Waals surface area contributed by atoms with Crippen LogP contribution in [-0.2, 0) is 17.9 Å². The summed E-state index contributed by atoms with van der Waals surface area (Å²) in [5, 5.41) is 2.98. The largest absolute Gasteiger partial charge is 0.462 e. The van der Waals surface area contributed by atoms with Crippen molar-refractivity contribution < 1.29 is 35.5 Å². The van der Waals surface area contributed by atoms with Crippen molar-refractivity contribution in [2.45, 2.75) is 45.0 Å². The third kappa shape index (κ3) is 5.96. The second kappa shape index (κ2) is 7.17. The average Bonchev–Trinajstić information content (AvgIpc) is 2.74. The fraction of sp³-hybridized carbons (Fsp3) is 0.667. The van der Waals surface area contributed by atoms with Crippen molar-refractivity contribution in [3.8, 4) is 0 Å². The van der Waals surface area contributed by atoms with Gasteiger partial charge in [0, 0.05) is 0 Å². The number of hydrogen-bond donors (Lipinski definition) is 1. The zero-order chi connectivity index (χ0) is 16.1. The van der Waals surface area contributed by atoms with E-state index in [2.05, 4.69) is 10.1 Å². The third-order valence-corrected chi connectivity index (χ3v) is 2.43. The van der Waals surface area contributed by atoms with E-state index in [0.29, 0.717) is 12.3 Å². The number of nitrogens with one attached hydrogen (secondary N) is 1. The monoisotopic (exact) mass is 319 g/mol. The van der Waals surface area contributed by atoms with Gasteiger partial charge >= 0.3 is 12.4 Å². The Morgan fingerprint density at radius 1 is 1.10 bits per heavy atom. The number of hydrogen-bond acceptors (Lipinski definition) is 3. The van der Waals surface area contributed by atoms with Gasteiger partial charge in [-0.15, -0.1) is 0 Å². The smallest absolute Gasteiger partial charge is 0.423 e. The summed E-state index contributed by atoms with van der Waals surface area (Å²) in [7, 11) is 0. The van der Waals surface area contributed by atoms with Crippen LogP contribution in [0.25, 0.3) is 0 Å². The lowest BCUT2D eigenvalue weighted by molar-refractivity contribution is -0.325. The maximum Gasteiger partial charge on any atom is 0.423 e. The highest BCUT2D eigenvalue weighted by Gasteiger charge is 2.58. The minimum absolute atomic E-state index is 0.0956. The summed E-state index contributed by atoms with van der Waals surface area (Å²) < 4.78 is 82.5. The molecule has 21 heavy (non-hydrogen) atoms. The summed E-state index contributed by atoms with van der Waals surface area (Å²) in [6.45, 7) is 2.10. The maximum atomic E-state index is 12.2. The molecule has 0 saturated carbocycles. The van der Waals surface area contributed by atoms with E-state index in [0.717, 1.165) is 13.0 Å². The highest BCUT2D eigenvalue weighted by Crippen LogP contribution is 2.36. The predicted molar refractivity (Wildman–Crippen MR) is 61.4 cm³/mol. The first-order valence-electron chi connectivity index (χ1n) is 6.18. The summed E-state index contributed by atoms with van der Waals surface area (Å²) in [6, 6.07) is 2.75. The third-order valence-electron chi connectivity index (χ3n) is 2.43. The molecule has 1 aromatic heterocycles. The first kappa shape index (κ1) is 17.8. The van der Waals surface area contributed by atoms with Crippen LogP contribution in [0.1, 0.15) is 24.9 Å². The van der Waals surface area contributed by atoms with Gasteiger partial charge in [-0.05, 0) is 25.1 Å². The molecule has 0 aromatic carbocycles. The van der Waals surface area contributed by atoms with E-state index in [-0.39, 0.29) is 5.76 Å². The minimum Gasteiger partial charge on any atom is -0.462 e. The Morgan fingerprint density at radius 3 is 2.19 bits per heavy atom. The van der Waals surface area contributed by atoms with E-state index in [1.807, 2.05) is 6.92 Å². The second-order valence-corrected chi connectivity index (χ2v) is 4.32. The molecule has 1 N–H and O–H groups in total. The Morgan fingerprint density at radius 2 is 1.67 bits per heavy atom. The van der Waals surface area contributed by atoms with Crippen LogP contribution in [0.4, 0.5) is 26.3 Å². The van der Waals surface area contributed by atoms with Crippen molar-refractivity contribution in [3.63, 3.8) is 0 Å². The Labute approximate surface area is 117 Å². The molecule has 9 heteroatoms. The van der Waals surface area contributed by atoms with Crippen LogP contribution in [0.5, 0.6) is 0 Å². The highest BCUT2D eigenvalue weighted by atomic mass is 19.4. The molecule has 1 aromatic rings. The van der Waals surface area contributed by atoms with Crippen LogP contribution < -0.4 is 5.32 Å². The van der Waals surface area contributed by atoms with Crippen LogP contribution in [0.15, 0.2) is 16.5 Å². The number of furan rings is 1. The van der Waals surface area contributed by atoms with E-state index >= 15 is 0 Å². The predicted octanol–water partition coefficient (Wildman–Crippen LogP) is 3.79. The first-order valence-corrected chi connectivity index (χ1v) is 6.18. The SMILES string of the molecule is CCCNCc1ccc(COC(C(F)(F)F)C(F)(F)F)o1. The molecule has 0 atom stereocenters. The summed E-state index contributed by atoms with van der Waals surface area (Å²) >= 11 is 0. The number of alkyl halides is 6. The molecule has 0 aliphatic heterocycles. The van der Waals surface area contributed by atoms with Crippen molar-refractivity contribution in [3.05, 3.63) is 23.7 Å². The standard InChI is InChI=1S/C12H15F6NO2/c1-2-5-19-6-8-3-4-9(21-8)7-20-10(11(13,14)15)12(16,17)18/h3-4,10,19H,2,5-7H2,1H3. The van der Waals surface area contributed by atoms with Gasteiger partial charge in [-0.1, -0.05) is 6.92 Å². The lowest BCUT2D eigenvalue weighted by atomic mass is 10.3. The van der Waals surface area contributed by atoms with Crippen molar-refractivity contribution in [2.75, 3.05) is 6.54 Å². The molecule has 0 spiro atoms. The lowest BCUT2D eigenvalue weighted by Gasteiger charge is -2.22. The first-order chi connectivity index (χ1) is 9.64. The molecule has 1 rings (SSSR count). The highest BCUT2D eigenvalue weighted by molar-refractivity contribution is 5.06. The van der Waals surface area contributed by atoms with Crippen molar-refractivity contribution in [1.29, 1.82) is 0 Å². The van der Waals surface area contributed by atoms with Crippen LogP contribution in [0, 0.1) is 0 Å². The number of ether oxygens (including phenoxy) is 1. The normalized spacial score (nSPS) is 13.1. The van der Waals surface area contributed by atoms with Gasteiger partial charge in [0.25, 0.3) is 0 Å². The van der Waals surface area contributed by atoms with Crippen molar-refractivity contribution in [1.82, 2.24) is 5.32 Å². The van der Waals surface area contributed by atoms with Gasteiger partial charge in [0.2, 0.25) is 6.10 Å². The molecule has 0 bridgehead atoms. The summed E-state index contributed by atoms with van der Waals surface area (Å²) in [4.78, 5) is 0. The maximum absolute atomic E-state index is 12.2. The Hall–Kier alpha value is -1.22. The number of halogens is 6. The molecule has 0 unspecified atom stereocenters. The van der Waals surface area contributed by atoms with E-state index in [4.69, 9.17) is 4.42 Å². The zero-order valence-electron chi connectivity index (χ0n) is 11.1. The zero-order valence-corrected chi connectivity index (χ0v) is 11.1. The molecule has 0 fully saturated rings. The molecular formula is C12H15F6NO2. The summed E-state index contributed by atoms with van der Waals surface area (Å²) in [6.07, 6.45) is -14.0. The second-order valence-electron chi connectivity index (χ2n) is 4.32. The molecule has 0 aliphatic rings. The Balaban J connectivity index is 2.57. The van der Waals surface area contributed by atoms with Gasteiger partial charge < -0.3 is 14.5 Å². The Bertz CT molecular complexity index is 412. The molecule has 1 heterocycles. The van der Waals surface area contributed by atoms with Gasteiger partial charge in [-0.2, -0.15) is 26.3 Å². The molecule has 0 radical (unpaired) electrons. The molecule has 0 aliphatic carbocycles. The van der Waals surface area contributed by atoms with E-state index in [9.17, 15) is 26.3 Å². The minimum atomic E-state index is -5.52. The van der Waals surface area contributed by atoms with Gasteiger partial charge in [0.15, 0.2) is 0 Å². The molecule has 0 saturated heterocycles. The fourth-order valence-corrected chi connectivity index (χ4v) is 1.52. The van der Waals surface area contributed by atoms with Gasteiger partial charge in [-0.25, -0.2) is 0 Å². The fourth-order valence-electron chi connectivity index (χ4n) is 1.52. The van der Waals surface area contributed by atoms with Crippen molar-refractivity contribution >= 4 is 0 Å².